The van der Waals surface area contributed by atoms with Crippen molar-refractivity contribution in [3.63, 3.8) is 0 Å². The Morgan fingerprint density at radius 2 is 2.33 bits per heavy atom. The van der Waals surface area contributed by atoms with Gasteiger partial charge in [-0.3, -0.25) is 10.1 Å². The fraction of sp³-hybridized carbons (Fsp3) is 0.500. The number of pyridine rings is 1. The molecule has 1 N–H and O–H groups in total. The van der Waals surface area contributed by atoms with Crippen molar-refractivity contribution in [2.75, 3.05) is 11.9 Å². The molecule has 5 nitrogen and oxygen atoms in total. The minimum Gasteiger partial charge on any atom is -0.370 e. The molecule has 2 rings (SSSR count). The van der Waals surface area contributed by atoms with Crippen molar-refractivity contribution in [2.24, 2.45) is 5.92 Å². The SMILES string of the molecule is Cc1nc(NCC2CC2)ccc1[N+](=O)[O-]. The Morgan fingerprint density at radius 3 is 2.87 bits per heavy atom. The summed E-state index contributed by atoms with van der Waals surface area (Å²) < 4.78 is 0. The second kappa shape index (κ2) is 3.84. The lowest BCUT2D eigenvalue weighted by Crippen LogP contribution is -2.06. The van der Waals surface area contributed by atoms with Crippen molar-refractivity contribution in [2.45, 2.75) is 19.8 Å². The van der Waals surface area contributed by atoms with E-state index in [1.165, 1.54) is 18.9 Å². The van der Waals surface area contributed by atoms with Crippen molar-refractivity contribution in [3.05, 3.63) is 27.9 Å². The van der Waals surface area contributed by atoms with Gasteiger partial charge in [0.2, 0.25) is 0 Å². The number of hydrogen-bond donors (Lipinski definition) is 1. The standard InChI is InChI=1S/C10H13N3O2/c1-7-9(13(14)15)4-5-10(12-7)11-6-8-2-3-8/h4-5,8H,2-3,6H2,1H3,(H,11,12). The number of hydrogen-bond acceptors (Lipinski definition) is 4. The number of aryl methyl sites for hydroxylation is 1. The Hall–Kier alpha value is -1.65. The smallest absolute Gasteiger partial charge is 0.290 e. The molecule has 15 heavy (non-hydrogen) atoms. The van der Waals surface area contributed by atoms with Gasteiger partial charge in [0.05, 0.1) is 4.92 Å². The van der Waals surface area contributed by atoms with Gasteiger partial charge in [-0.05, 0) is 31.7 Å². The molecule has 0 saturated heterocycles. The Morgan fingerprint density at radius 1 is 1.60 bits per heavy atom. The highest BCUT2D eigenvalue weighted by Crippen LogP contribution is 2.29. The average molecular weight is 207 g/mol. The molecule has 0 aliphatic heterocycles. The Bertz CT molecular complexity index is 388. The quantitative estimate of drug-likeness (QED) is 0.606. The highest BCUT2D eigenvalue weighted by atomic mass is 16.6. The Kier molecular flexibility index (Phi) is 2.53. The van der Waals surface area contributed by atoms with Crippen LogP contribution in [0.2, 0.25) is 0 Å². The Balaban J connectivity index is 2.06. The molecule has 0 aromatic carbocycles. The van der Waals surface area contributed by atoms with Crippen LogP contribution in [0.4, 0.5) is 11.5 Å². The molecule has 0 bridgehead atoms. The van der Waals surface area contributed by atoms with Crippen molar-refractivity contribution in [1.82, 2.24) is 4.98 Å². The molecule has 1 aliphatic rings. The number of rotatable bonds is 4. The topological polar surface area (TPSA) is 68.1 Å². The number of aromatic nitrogens is 1. The largest absolute Gasteiger partial charge is 0.370 e. The first-order valence-corrected chi connectivity index (χ1v) is 5.02. The van der Waals surface area contributed by atoms with E-state index in [2.05, 4.69) is 10.3 Å². The number of nitrogens with zero attached hydrogens (tertiary/aromatic N) is 2. The molecule has 1 heterocycles. The van der Waals surface area contributed by atoms with E-state index in [1.54, 1.807) is 13.0 Å². The van der Waals surface area contributed by atoms with Gasteiger partial charge in [-0.1, -0.05) is 0 Å². The van der Waals surface area contributed by atoms with Gasteiger partial charge < -0.3 is 5.32 Å². The van der Waals surface area contributed by atoms with Crippen LogP contribution in [0.15, 0.2) is 12.1 Å². The molecule has 5 heteroatoms. The first-order valence-electron chi connectivity index (χ1n) is 5.02. The van der Waals surface area contributed by atoms with Crippen LogP contribution in [0.1, 0.15) is 18.5 Å². The predicted molar refractivity (Wildman–Crippen MR) is 56.8 cm³/mol. The second-order valence-electron chi connectivity index (χ2n) is 3.88. The third-order valence-corrected chi connectivity index (χ3v) is 2.52. The van der Waals surface area contributed by atoms with Gasteiger partial charge in [0.15, 0.2) is 0 Å². The molecule has 0 radical (unpaired) electrons. The number of nitro groups is 1. The number of anilines is 1. The highest BCUT2D eigenvalue weighted by Gasteiger charge is 2.21. The van der Waals surface area contributed by atoms with Gasteiger partial charge in [-0.15, -0.1) is 0 Å². The zero-order chi connectivity index (χ0) is 10.8. The van der Waals surface area contributed by atoms with E-state index in [9.17, 15) is 10.1 Å². The van der Waals surface area contributed by atoms with Crippen LogP contribution in [0.5, 0.6) is 0 Å². The Labute approximate surface area is 87.7 Å². The van der Waals surface area contributed by atoms with E-state index in [4.69, 9.17) is 0 Å². The lowest BCUT2D eigenvalue weighted by Gasteiger charge is -2.04. The monoisotopic (exact) mass is 207 g/mol. The first-order chi connectivity index (χ1) is 7.16. The minimum absolute atomic E-state index is 0.0759. The maximum absolute atomic E-state index is 10.6. The first kappa shape index (κ1) is 9.89. The van der Waals surface area contributed by atoms with Crippen molar-refractivity contribution in [3.8, 4) is 0 Å². The van der Waals surface area contributed by atoms with Crippen LogP contribution >= 0.6 is 0 Å². The van der Waals surface area contributed by atoms with E-state index >= 15 is 0 Å². The number of nitrogens with one attached hydrogen (secondary N) is 1. The van der Waals surface area contributed by atoms with Gasteiger partial charge in [0, 0.05) is 12.6 Å². The fourth-order valence-electron chi connectivity index (χ4n) is 1.42. The third-order valence-electron chi connectivity index (χ3n) is 2.52. The molecular formula is C10H13N3O2. The molecule has 80 valence electrons. The molecule has 0 atom stereocenters. The lowest BCUT2D eigenvalue weighted by molar-refractivity contribution is -0.385. The summed E-state index contributed by atoms with van der Waals surface area (Å²) in [6.07, 6.45) is 2.55. The zero-order valence-electron chi connectivity index (χ0n) is 8.56. The molecule has 1 saturated carbocycles. The van der Waals surface area contributed by atoms with E-state index in [0.717, 1.165) is 18.3 Å². The maximum atomic E-state index is 10.6. The zero-order valence-corrected chi connectivity index (χ0v) is 8.56. The van der Waals surface area contributed by atoms with E-state index < -0.39 is 4.92 Å². The van der Waals surface area contributed by atoms with Crippen LogP contribution in [-0.2, 0) is 0 Å². The lowest BCUT2D eigenvalue weighted by atomic mass is 10.3. The molecule has 1 aromatic heterocycles. The third kappa shape index (κ3) is 2.43. The molecular weight excluding hydrogens is 194 g/mol. The van der Waals surface area contributed by atoms with Crippen LogP contribution < -0.4 is 5.32 Å². The highest BCUT2D eigenvalue weighted by molar-refractivity contribution is 5.44. The summed E-state index contributed by atoms with van der Waals surface area (Å²) in [6.45, 7) is 2.57. The minimum atomic E-state index is -0.410. The van der Waals surface area contributed by atoms with E-state index in [0.29, 0.717) is 5.69 Å². The van der Waals surface area contributed by atoms with Gasteiger partial charge in [0.1, 0.15) is 11.5 Å². The fourth-order valence-corrected chi connectivity index (χ4v) is 1.42. The molecule has 1 aliphatic carbocycles. The maximum Gasteiger partial charge on any atom is 0.290 e. The van der Waals surface area contributed by atoms with Gasteiger partial charge in [0.25, 0.3) is 5.69 Å². The van der Waals surface area contributed by atoms with Gasteiger partial charge >= 0.3 is 0 Å². The van der Waals surface area contributed by atoms with Crippen molar-refractivity contribution >= 4 is 11.5 Å². The molecule has 0 unspecified atom stereocenters. The molecule has 1 aromatic rings. The summed E-state index contributed by atoms with van der Waals surface area (Å²) in [5, 5.41) is 13.7. The molecule has 0 spiro atoms. The summed E-state index contributed by atoms with van der Waals surface area (Å²) in [4.78, 5) is 14.3. The molecule has 1 fully saturated rings. The van der Waals surface area contributed by atoms with Crippen molar-refractivity contribution < 1.29 is 4.92 Å². The van der Waals surface area contributed by atoms with E-state index in [1.807, 2.05) is 0 Å². The van der Waals surface area contributed by atoms with E-state index in [-0.39, 0.29) is 5.69 Å². The summed E-state index contributed by atoms with van der Waals surface area (Å²) in [5.74, 6) is 1.49. The summed E-state index contributed by atoms with van der Waals surface area (Å²) in [6, 6.07) is 3.16. The summed E-state index contributed by atoms with van der Waals surface area (Å²) in [7, 11) is 0. The van der Waals surface area contributed by atoms with Crippen LogP contribution in [0.25, 0.3) is 0 Å². The molecule has 0 amide bonds. The normalized spacial score (nSPS) is 15.0. The average Bonchev–Trinajstić information content (AvgIpc) is 2.97. The summed E-state index contributed by atoms with van der Waals surface area (Å²) in [5.41, 5.74) is 0.535. The van der Waals surface area contributed by atoms with Gasteiger partial charge in [-0.25, -0.2) is 4.98 Å². The van der Waals surface area contributed by atoms with Crippen LogP contribution in [0, 0.1) is 23.0 Å². The second-order valence-corrected chi connectivity index (χ2v) is 3.88. The van der Waals surface area contributed by atoms with Crippen LogP contribution in [0.3, 0.4) is 0 Å². The van der Waals surface area contributed by atoms with Crippen LogP contribution in [-0.4, -0.2) is 16.5 Å². The predicted octanol–water partition coefficient (Wildman–Crippen LogP) is 2.12. The summed E-state index contributed by atoms with van der Waals surface area (Å²) >= 11 is 0. The van der Waals surface area contributed by atoms with Gasteiger partial charge in [-0.2, -0.15) is 0 Å². The van der Waals surface area contributed by atoms with Crippen molar-refractivity contribution in [1.29, 1.82) is 0 Å².